The third-order valence-corrected chi connectivity index (χ3v) is 2.55. The van der Waals surface area contributed by atoms with Crippen LogP contribution in [-0.2, 0) is 0 Å². The van der Waals surface area contributed by atoms with Crippen LogP contribution in [0.5, 0.6) is 0 Å². The Morgan fingerprint density at radius 3 is 3.00 bits per heavy atom. The molecule has 0 aliphatic carbocycles. The van der Waals surface area contributed by atoms with Crippen molar-refractivity contribution >= 4 is 22.4 Å². The van der Waals surface area contributed by atoms with Gasteiger partial charge in [0.1, 0.15) is 4.88 Å². The summed E-state index contributed by atoms with van der Waals surface area (Å²) in [7, 11) is 0. The lowest BCUT2D eigenvalue weighted by Gasteiger charge is -1.98. The van der Waals surface area contributed by atoms with Crippen LogP contribution in [0, 0.1) is 0 Å². The van der Waals surface area contributed by atoms with E-state index in [1.165, 1.54) is 11.3 Å². The van der Waals surface area contributed by atoms with Crippen molar-refractivity contribution in [3.63, 3.8) is 0 Å². The second kappa shape index (κ2) is 5.59. The van der Waals surface area contributed by atoms with Gasteiger partial charge in [0.15, 0.2) is 5.13 Å². The molecule has 0 aromatic carbocycles. The molecule has 4 nitrogen and oxygen atoms in total. The van der Waals surface area contributed by atoms with Crippen LogP contribution in [0.4, 0.5) is 5.13 Å². The fourth-order valence-electron chi connectivity index (χ4n) is 0.938. The van der Waals surface area contributed by atoms with Crippen molar-refractivity contribution < 1.29 is 4.79 Å². The Balaban J connectivity index is 2.53. The monoisotopic (exact) mass is 213 g/mol. The lowest BCUT2D eigenvalue weighted by atomic mass is 10.4. The summed E-state index contributed by atoms with van der Waals surface area (Å²) in [6.45, 7) is 5.56. The number of anilines is 1. The largest absolute Gasteiger partial charge is 0.362 e. The van der Waals surface area contributed by atoms with Crippen LogP contribution in [0.3, 0.4) is 0 Å². The molecule has 1 aromatic rings. The fourth-order valence-corrected chi connectivity index (χ4v) is 1.74. The predicted octanol–water partition coefficient (Wildman–Crippen LogP) is 1.71. The van der Waals surface area contributed by atoms with Crippen molar-refractivity contribution in [3.8, 4) is 0 Å². The Morgan fingerprint density at radius 2 is 2.36 bits per heavy atom. The van der Waals surface area contributed by atoms with Gasteiger partial charge in [-0.3, -0.25) is 4.79 Å². The van der Waals surface area contributed by atoms with Gasteiger partial charge in [0.2, 0.25) is 0 Å². The first-order valence-corrected chi connectivity index (χ1v) is 5.57. The normalized spacial score (nSPS) is 9.86. The average Bonchev–Trinajstić information content (AvgIpc) is 2.63. The molecule has 0 unspecified atom stereocenters. The number of hydrogen-bond acceptors (Lipinski definition) is 4. The molecule has 0 saturated heterocycles. The Kier molecular flexibility index (Phi) is 4.39. The smallest absolute Gasteiger partial charge is 0.263 e. The quantitative estimate of drug-likeness (QED) is 0.783. The Morgan fingerprint density at radius 1 is 1.57 bits per heavy atom. The van der Waals surface area contributed by atoms with E-state index in [4.69, 9.17) is 0 Å². The summed E-state index contributed by atoms with van der Waals surface area (Å²) in [6.07, 6.45) is 2.55. The van der Waals surface area contributed by atoms with Gasteiger partial charge >= 0.3 is 0 Å². The van der Waals surface area contributed by atoms with Crippen LogP contribution in [0.25, 0.3) is 0 Å². The minimum Gasteiger partial charge on any atom is -0.362 e. The minimum atomic E-state index is -0.0338. The van der Waals surface area contributed by atoms with Crippen LogP contribution < -0.4 is 10.6 Å². The van der Waals surface area contributed by atoms with Crippen molar-refractivity contribution in [2.75, 3.05) is 18.4 Å². The second-order valence-electron chi connectivity index (χ2n) is 2.82. The maximum Gasteiger partial charge on any atom is 0.263 e. The highest BCUT2D eigenvalue weighted by atomic mass is 32.1. The molecule has 0 bridgehead atoms. The number of thiazole rings is 1. The van der Waals surface area contributed by atoms with Gasteiger partial charge in [-0.15, -0.1) is 0 Å². The molecule has 0 atom stereocenters. The number of hydrogen-bond donors (Lipinski definition) is 2. The van der Waals surface area contributed by atoms with E-state index in [1.54, 1.807) is 6.20 Å². The van der Waals surface area contributed by atoms with E-state index in [9.17, 15) is 4.79 Å². The summed E-state index contributed by atoms with van der Waals surface area (Å²) in [5, 5.41) is 6.67. The van der Waals surface area contributed by atoms with Gasteiger partial charge < -0.3 is 10.6 Å². The molecule has 2 N–H and O–H groups in total. The van der Waals surface area contributed by atoms with Crippen LogP contribution >= 0.6 is 11.3 Å². The third-order valence-electron chi connectivity index (χ3n) is 1.59. The van der Waals surface area contributed by atoms with Crippen molar-refractivity contribution in [2.24, 2.45) is 0 Å². The SMILES string of the molecule is CCCNC(=O)c1cnc(NCC)s1. The predicted molar refractivity (Wildman–Crippen MR) is 58.9 cm³/mol. The molecule has 0 radical (unpaired) electrons. The molecular formula is C9H15N3OS. The number of carbonyl (C=O) groups is 1. The number of nitrogens with zero attached hydrogens (tertiary/aromatic N) is 1. The van der Waals surface area contributed by atoms with E-state index in [0.717, 1.165) is 18.1 Å². The average molecular weight is 213 g/mol. The molecule has 5 heteroatoms. The molecule has 78 valence electrons. The second-order valence-corrected chi connectivity index (χ2v) is 3.85. The van der Waals surface area contributed by atoms with Gasteiger partial charge in [0.05, 0.1) is 6.20 Å². The first kappa shape index (κ1) is 11.0. The van der Waals surface area contributed by atoms with Gasteiger partial charge in [-0.2, -0.15) is 0 Å². The maximum absolute atomic E-state index is 11.5. The summed E-state index contributed by atoms with van der Waals surface area (Å²) in [4.78, 5) is 16.2. The molecule has 0 saturated carbocycles. The van der Waals surface area contributed by atoms with Gasteiger partial charge in [-0.1, -0.05) is 18.3 Å². The van der Waals surface area contributed by atoms with E-state index in [1.807, 2.05) is 13.8 Å². The molecule has 14 heavy (non-hydrogen) atoms. The third kappa shape index (κ3) is 2.99. The first-order valence-electron chi connectivity index (χ1n) is 4.75. The van der Waals surface area contributed by atoms with E-state index in [-0.39, 0.29) is 5.91 Å². The van der Waals surface area contributed by atoms with Crippen LogP contribution in [0.2, 0.25) is 0 Å². The summed E-state index contributed by atoms with van der Waals surface area (Å²) in [6, 6.07) is 0. The minimum absolute atomic E-state index is 0.0338. The molecule has 0 aliphatic heterocycles. The van der Waals surface area contributed by atoms with E-state index < -0.39 is 0 Å². The molecule has 0 fully saturated rings. The van der Waals surface area contributed by atoms with Crippen molar-refractivity contribution in [3.05, 3.63) is 11.1 Å². The van der Waals surface area contributed by atoms with E-state index >= 15 is 0 Å². The molecule has 0 spiro atoms. The summed E-state index contributed by atoms with van der Waals surface area (Å²) in [5.41, 5.74) is 0. The van der Waals surface area contributed by atoms with Crippen molar-refractivity contribution in [2.45, 2.75) is 20.3 Å². The number of nitrogens with one attached hydrogen (secondary N) is 2. The highest BCUT2D eigenvalue weighted by Crippen LogP contribution is 2.17. The van der Waals surface area contributed by atoms with E-state index in [2.05, 4.69) is 15.6 Å². The van der Waals surface area contributed by atoms with Crippen molar-refractivity contribution in [1.82, 2.24) is 10.3 Å². The van der Waals surface area contributed by atoms with Gasteiger partial charge in [0.25, 0.3) is 5.91 Å². The molecule has 1 rings (SSSR count). The standard InChI is InChI=1S/C9H15N3OS/c1-3-5-11-8(13)7-6-12-9(14-7)10-4-2/h6H,3-5H2,1-2H3,(H,10,12)(H,11,13). The van der Waals surface area contributed by atoms with Crippen molar-refractivity contribution in [1.29, 1.82) is 0 Å². The Labute approximate surface area is 87.7 Å². The fraction of sp³-hybridized carbons (Fsp3) is 0.556. The highest BCUT2D eigenvalue weighted by Gasteiger charge is 2.08. The molecule has 1 aromatic heterocycles. The van der Waals surface area contributed by atoms with Crippen LogP contribution in [0.1, 0.15) is 29.9 Å². The zero-order valence-corrected chi connectivity index (χ0v) is 9.28. The summed E-state index contributed by atoms with van der Waals surface area (Å²) >= 11 is 1.38. The van der Waals surface area contributed by atoms with Crippen LogP contribution in [0.15, 0.2) is 6.20 Å². The molecule has 1 heterocycles. The Bertz CT molecular complexity index is 298. The first-order chi connectivity index (χ1) is 6.77. The molecular weight excluding hydrogens is 198 g/mol. The number of amides is 1. The van der Waals surface area contributed by atoms with Gasteiger partial charge in [0, 0.05) is 13.1 Å². The summed E-state index contributed by atoms with van der Waals surface area (Å²) < 4.78 is 0. The Hall–Kier alpha value is -1.10. The molecule has 1 amide bonds. The zero-order chi connectivity index (χ0) is 10.4. The topological polar surface area (TPSA) is 54.0 Å². The zero-order valence-electron chi connectivity index (χ0n) is 8.46. The highest BCUT2D eigenvalue weighted by molar-refractivity contribution is 7.17. The number of aromatic nitrogens is 1. The van der Waals surface area contributed by atoms with E-state index in [0.29, 0.717) is 11.4 Å². The number of rotatable bonds is 5. The maximum atomic E-state index is 11.5. The number of carbonyl (C=O) groups excluding carboxylic acids is 1. The molecule has 0 aliphatic rings. The van der Waals surface area contributed by atoms with Crippen LogP contribution in [-0.4, -0.2) is 24.0 Å². The van der Waals surface area contributed by atoms with Gasteiger partial charge in [-0.25, -0.2) is 4.98 Å². The lowest BCUT2D eigenvalue weighted by Crippen LogP contribution is -2.22. The lowest BCUT2D eigenvalue weighted by molar-refractivity contribution is 0.0957. The summed E-state index contributed by atoms with van der Waals surface area (Å²) in [5.74, 6) is -0.0338. The van der Waals surface area contributed by atoms with Gasteiger partial charge in [-0.05, 0) is 13.3 Å².